The molecule has 6 aromatic carbocycles. The number of aryl methyl sites for hydroxylation is 1. The number of hydrogen-bond acceptors (Lipinski definition) is 16. The third-order valence-electron chi connectivity index (χ3n) is 17.2. The fraction of sp³-hybridized carbons (Fsp3) is 0.467. The number of nitrogens with two attached hydrogens (primary N) is 2. The molecule has 12 N–H and O–H groups in total. The minimum Gasteiger partial charge on any atom is -0.398 e. The Balaban J connectivity index is 0.000000367. The Bertz CT molecular complexity index is 4040. The van der Waals surface area contributed by atoms with Crippen LogP contribution in [0.25, 0.3) is 0 Å². The van der Waals surface area contributed by atoms with E-state index < -0.39 is 125 Å². The Morgan fingerprint density at radius 3 is 1.23 bits per heavy atom. The van der Waals surface area contributed by atoms with Crippen LogP contribution in [-0.2, 0) is 63.1 Å². The highest BCUT2D eigenvalue weighted by Gasteiger charge is 2.40. The number of amides is 4. The predicted molar refractivity (Wildman–Crippen MR) is 394 cm³/mol. The highest BCUT2D eigenvalue weighted by molar-refractivity contribution is 7.89. The van der Waals surface area contributed by atoms with E-state index in [1.54, 1.807) is 110 Å². The number of nitrogens with zero attached hydrogens (tertiary/aromatic N) is 3. The van der Waals surface area contributed by atoms with Crippen LogP contribution in [0.4, 0.5) is 25.8 Å². The summed E-state index contributed by atoms with van der Waals surface area (Å²) in [7, 11) is -8.45. The largest absolute Gasteiger partial charge is 0.398 e. The molecule has 0 spiro atoms. The van der Waals surface area contributed by atoms with Crippen molar-refractivity contribution in [2.45, 2.75) is 174 Å². The van der Waals surface area contributed by atoms with Gasteiger partial charge < -0.3 is 42.9 Å². The normalized spacial score (nSPS) is 14.2. The molecule has 0 unspecified atom stereocenters. The van der Waals surface area contributed by atoms with Crippen LogP contribution < -0.4 is 43.4 Å². The summed E-state index contributed by atoms with van der Waals surface area (Å²) >= 11 is 0. The maximum absolute atomic E-state index is 14.0. The number of halogens is 2. The molecule has 0 saturated heterocycles. The average Bonchev–Trinajstić information content (AvgIpc) is 0.800. The molecule has 23 nitrogen and oxygen atoms in total. The van der Waals surface area contributed by atoms with Crippen LogP contribution in [0.3, 0.4) is 0 Å². The molecule has 0 heterocycles. The third kappa shape index (κ3) is 25.0. The van der Waals surface area contributed by atoms with Crippen LogP contribution in [0, 0.1) is 51.3 Å². The smallest absolute Gasteiger partial charge is 0.293 e. The maximum Gasteiger partial charge on any atom is 0.293 e. The number of carbonyl (C=O) groups excluding carboxylic acids is 4. The molecule has 6 aromatic rings. The maximum atomic E-state index is 14.0. The second kappa shape index (κ2) is 36.2. The average molecular weight is 1450 g/mol. The molecule has 102 heavy (non-hydrogen) atoms. The number of nitrogen functional groups attached to an aromatic ring is 2. The molecule has 6 atom stereocenters. The van der Waals surface area contributed by atoms with E-state index in [1.165, 1.54) is 46.8 Å². The number of anilines is 2. The van der Waals surface area contributed by atoms with Crippen molar-refractivity contribution in [3.05, 3.63) is 195 Å². The van der Waals surface area contributed by atoms with Gasteiger partial charge in [-0.3, -0.25) is 39.9 Å². The number of rotatable bonds is 33. The van der Waals surface area contributed by atoms with Gasteiger partial charge in [-0.05, 0) is 146 Å². The van der Waals surface area contributed by atoms with Crippen LogP contribution in [0.5, 0.6) is 0 Å². The molecular weight excluding hydrogens is 1350 g/mol. The van der Waals surface area contributed by atoms with Crippen LogP contribution in [0.2, 0.25) is 0 Å². The van der Waals surface area contributed by atoms with Crippen molar-refractivity contribution >= 4 is 60.7 Å². The second-order valence-corrected chi connectivity index (χ2v) is 33.8. The van der Waals surface area contributed by atoms with E-state index in [0.717, 1.165) is 33.1 Å². The first-order chi connectivity index (χ1) is 47.3. The van der Waals surface area contributed by atoms with E-state index in [1.807, 2.05) is 84.9 Å². The number of nitro groups is 1. The summed E-state index contributed by atoms with van der Waals surface area (Å²) in [5, 5.41) is 52.6. The van der Waals surface area contributed by atoms with Gasteiger partial charge in [0, 0.05) is 49.0 Å². The van der Waals surface area contributed by atoms with Crippen molar-refractivity contribution < 1.29 is 59.9 Å². The molecule has 0 radical (unpaired) electrons. The van der Waals surface area contributed by atoms with Crippen molar-refractivity contribution in [2.75, 3.05) is 50.7 Å². The standard InChI is InChI=1S/C38H54FN5O5S.C37H51FN6O7S/c1-25(2)23-44(50(48,49)30-18-17-26(3)31(40)21-30)24-33(45)32(19-27-13-10-9-11-14-27)42-36(47)35(37(4,5)6)43-34(46)22-41-38(7,8)28-15-12-16-29(39)20-28;1-24(2)22-43(52(50,51)28-16-17-29(39)31(20-28)44(48)49)23-32(45)30(18-25-12-9-8-10-13-25)41-35(47)34(36(3,4)5)42-33(46)21-40-37(6,7)26-14-11-15-27(38)19-26/h9-18,20-21,25,32-33,35,41,45H,19,22-24,40H2,1-8H3,(H,42,47)(H,43,46);8-17,19-20,24,30,32,34,40,45H,18,21-23,39H2,1-7H3,(H,41,47)(H,42,46)/t32-,33+,35+;30-,32+,34+/m00/s1. The highest BCUT2D eigenvalue weighted by Crippen LogP contribution is 2.30. The summed E-state index contributed by atoms with van der Waals surface area (Å²) in [5.41, 5.74) is 11.9. The fourth-order valence-electron chi connectivity index (χ4n) is 11.1. The lowest BCUT2D eigenvalue weighted by Crippen LogP contribution is -2.59. The SMILES string of the molecule is CC(C)CN(C[C@@H](O)[C@H](Cc1ccccc1)NC(=O)[C@@H](NC(=O)CNC(C)(C)c1cccc(F)c1)C(C)(C)C)S(=O)(=O)c1ccc(N)c([N+](=O)[O-])c1.Cc1ccc(S(=O)(=O)N(CC(C)C)C[C@@H](O)[C@H](Cc2ccccc2)NC(=O)[C@@H](NC(=O)CNC(C)(C)c2cccc(F)c2)C(C)(C)C)cc1N. The topological polar surface area (TPSA) is 351 Å². The van der Waals surface area contributed by atoms with E-state index in [9.17, 15) is 65.1 Å². The molecule has 0 aliphatic carbocycles. The lowest BCUT2D eigenvalue weighted by atomic mass is 9.85. The fourth-order valence-corrected chi connectivity index (χ4v) is 14.4. The van der Waals surface area contributed by atoms with Gasteiger partial charge in [-0.2, -0.15) is 8.61 Å². The molecule has 0 aromatic heterocycles. The molecule has 27 heteroatoms. The Kier molecular flexibility index (Phi) is 30.0. The van der Waals surface area contributed by atoms with Crippen molar-refractivity contribution in [3.63, 3.8) is 0 Å². The molecule has 0 aliphatic heterocycles. The van der Waals surface area contributed by atoms with Gasteiger partial charge in [0.05, 0.1) is 52.1 Å². The Hall–Kier alpha value is -8.28. The van der Waals surface area contributed by atoms with Crippen molar-refractivity contribution in [1.29, 1.82) is 0 Å². The number of nitro benzene ring substituents is 1. The van der Waals surface area contributed by atoms with E-state index in [2.05, 4.69) is 31.9 Å². The van der Waals surface area contributed by atoms with Crippen LogP contribution in [0.1, 0.15) is 125 Å². The molecule has 0 saturated carbocycles. The van der Waals surface area contributed by atoms with Gasteiger partial charge >= 0.3 is 0 Å². The molecular formula is C75H105F2N11O12S2. The van der Waals surface area contributed by atoms with Gasteiger partial charge in [-0.25, -0.2) is 25.6 Å². The summed E-state index contributed by atoms with van der Waals surface area (Å²) in [6.07, 6.45) is -2.45. The van der Waals surface area contributed by atoms with Crippen molar-refractivity contribution in [1.82, 2.24) is 40.5 Å². The van der Waals surface area contributed by atoms with Gasteiger partial charge in [0.2, 0.25) is 43.7 Å². The summed E-state index contributed by atoms with van der Waals surface area (Å²) in [5.74, 6) is -3.13. The van der Waals surface area contributed by atoms with Gasteiger partial charge in [-0.15, -0.1) is 0 Å². The molecule has 0 bridgehead atoms. The monoisotopic (exact) mass is 1450 g/mol. The van der Waals surface area contributed by atoms with Crippen LogP contribution in [0.15, 0.2) is 155 Å². The molecule has 0 aliphatic rings. The number of aliphatic hydroxyl groups excluding tert-OH is 2. The number of aliphatic hydroxyl groups is 2. The Labute approximate surface area is 600 Å². The highest BCUT2D eigenvalue weighted by atomic mass is 32.2. The Morgan fingerprint density at radius 1 is 0.510 bits per heavy atom. The first kappa shape index (κ1) is 84.4. The summed E-state index contributed by atoms with van der Waals surface area (Å²) in [6, 6.07) is 34.1. The minimum absolute atomic E-state index is 0.0155. The van der Waals surface area contributed by atoms with Crippen LogP contribution in [-0.4, -0.2) is 140 Å². The quantitative estimate of drug-likeness (QED) is 0.0105. The first-order valence-corrected chi connectivity index (χ1v) is 36.8. The second-order valence-electron chi connectivity index (χ2n) is 29.9. The zero-order valence-electron chi connectivity index (χ0n) is 61.2. The number of benzene rings is 6. The van der Waals surface area contributed by atoms with E-state index >= 15 is 0 Å². The number of sulfonamides is 2. The van der Waals surface area contributed by atoms with E-state index in [0.29, 0.717) is 16.8 Å². The lowest BCUT2D eigenvalue weighted by molar-refractivity contribution is -0.384. The van der Waals surface area contributed by atoms with Crippen molar-refractivity contribution in [3.8, 4) is 0 Å². The van der Waals surface area contributed by atoms with Gasteiger partial charge in [-0.1, -0.05) is 160 Å². The molecule has 0 fully saturated rings. The number of carbonyl (C=O) groups is 4. The molecule has 6 rings (SSSR count). The zero-order chi connectivity index (χ0) is 76.5. The van der Waals surface area contributed by atoms with Gasteiger partial charge in [0.25, 0.3) is 5.69 Å². The first-order valence-electron chi connectivity index (χ1n) is 33.9. The van der Waals surface area contributed by atoms with E-state index in [4.69, 9.17) is 11.5 Å². The zero-order valence-corrected chi connectivity index (χ0v) is 62.8. The summed E-state index contributed by atoms with van der Waals surface area (Å²) in [4.78, 5) is 64.9. The third-order valence-corrected chi connectivity index (χ3v) is 20.8. The van der Waals surface area contributed by atoms with E-state index in [-0.39, 0.29) is 78.7 Å². The molecule has 4 amide bonds. The molecule has 558 valence electrons. The van der Waals surface area contributed by atoms with Gasteiger partial charge in [0.1, 0.15) is 29.4 Å². The lowest BCUT2D eigenvalue weighted by Gasteiger charge is -2.35. The van der Waals surface area contributed by atoms with Crippen molar-refractivity contribution in [2.24, 2.45) is 22.7 Å². The van der Waals surface area contributed by atoms with Crippen LogP contribution >= 0.6 is 0 Å². The predicted octanol–water partition coefficient (Wildman–Crippen LogP) is 8.61. The number of hydrogen-bond donors (Lipinski definition) is 10. The number of nitrogens with one attached hydrogen (secondary N) is 6. The summed E-state index contributed by atoms with van der Waals surface area (Å²) < 4.78 is 85.5. The minimum atomic E-state index is -4.38. The Morgan fingerprint density at radius 2 is 0.882 bits per heavy atom. The van der Waals surface area contributed by atoms with Gasteiger partial charge in [0.15, 0.2) is 0 Å². The summed E-state index contributed by atoms with van der Waals surface area (Å²) in [6.45, 7) is 26.1.